The molecule has 0 radical (unpaired) electrons. The quantitative estimate of drug-likeness (QED) is 0.243. The van der Waals surface area contributed by atoms with E-state index in [4.69, 9.17) is 9.47 Å². The van der Waals surface area contributed by atoms with Gasteiger partial charge >= 0.3 is 0 Å². The zero-order chi connectivity index (χ0) is 22.2. The Hall–Kier alpha value is -2.43. The molecule has 0 fully saturated rings. The molecule has 0 aliphatic carbocycles. The molecule has 0 saturated heterocycles. The molecule has 0 amide bonds. The highest BCUT2D eigenvalue weighted by Gasteiger charge is 2.13. The summed E-state index contributed by atoms with van der Waals surface area (Å²) in [5, 5.41) is 0. The zero-order valence-electron chi connectivity index (χ0n) is 18.8. The van der Waals surface area contributed by atoms with Gasteiger partial charge in [0, 0.05) is 30.6 Å². The Labute approximate surface area is 192 Å². The van der Waals surface area contributed by atoms with Crippen molar-refractivity contribution in [2.75, 3.05) is 19.5 Å². The number of benzene rings is 2. The normalized spacial score (nSPS) is 11.9. The summed E-state index contributed by atoms with van der Waals surface area (Å²) in [7, 11) is 1.73. The Balaban J connectivity index is 2.17. The second-order valence-electron chi connectivity index (χ2n) is 7.25. The number of rotatable bonds is 10. The minimum absolute atomic E-state index is 0.0590. The average Bonchev–Trinajstić information content (AvgIpc) is 2.78. The lowest BCUT2D eigenvalue weighted by molar-refractivity contribution is 0.0630. The highest BCUT2D eigenvalue weighted by atomic mass is 32.2. The highest BCUT2D eigenvalue weighted by molar-refractivity contribution is 7.99. The molecule has 2 nitrogen and oxygen atoms in total. The Bertz CT molecular complexity index is 896. The van der Waals surface area contributed by atoms with E-state index in [1.807, 2.05) is 50.2 Å². The van der Waals surface area contributed by atoms with Crippen LogP contribution >= 0.6 is 11.8 Å². The first-order valence-corrected chi connectivity index (χ1v) is 11.7. The molecule has 0 heterocycles. The van der Waals surface area contributed by atoms with Crippen molar-refractivity contribution in [1.29, 1.82) is 0 Å². The second-order valence-corrected chi connectivity index (χ2v) is 8.30. The molecule has 1 atom stereocenters. The first-order valence-electron chi connectivity index (χ1n) is 10.7. The van der Waals surface area contributed by atoms with Crippen molar-refractivity contribution in [3.8, 4) is 23.7 Å². The molecule has 3 heteroatoms. The minimum Gasteiger partial charge on any atom is -0.385 e. The van der Waals surface area contributed by atoms with Gasteiger partial charge in [0.2, 0.25) is 0 Å². The van der Waals surface area contributed by atoms with Gasteiger partial charge in [-0.3, -0.25) is 0 Å². The average molecular weight is 433 g/mol. The molecular weight excluding hydrogens is 400 g/mol. The van der Waals surface area contributed by atoms with Crippen LogP contribution in [0, 0.1) is 23.7 Å². The third-order valence-corrected chi connectivity index (χ3v) is 5.13. The molecule has 0 saturated carbocycles. The van der Waals surface area contributed by atoms with Gasteiger partial charge < -0.3 is 9.47 Å². The summed E-state index contributed by atoms with van der Waals surface area (Å²) in [6.07, 6.45) is 4.68. The molecule has 0 aromatic heterocycles. The van der Waals surface area contributed by atoms with Gasteiger partial charge in [0.05, 0.1) is 11.9 Å². The summed E-state index contributed by atoms with van der Waals surface area (Å²) >= 11 is 1.73. The van der Waals surface area contributed by atoms with Gasteiger partial charge in [-0.05, 0) is 50.5 Å². The fraction of sp³-hybridized carbons (Fsp3) is 0.357. The van der Waals surface area contributed by atoms with E-state index in [-0.39, 0.29) is 12.2 Å². The van der Waals surface area contributed by atoms with E-state index in [0.717, 1.165) is 37.0 Å². The van der Waals surface area contributed by atoms with Crippen LogP contribution in [0.5, 0.6) is 0 Å². The molecule has 2 aromatic rings. The number of hydrogen-bond acceptors (Lipinski definition) is 3. The Morgan fingerprint density at radius 1 is 0.968 bits per heavy atom. The summed E-state index contributed by atoms with van der Waals surface area (Å²) in [5.41, 5.74) is 2.01. The van der Waals surface area contributed by atoms with Crippen LogP contribution in [0.3, 0.4) is 0 Å². The number of hydrogen-bond donors (Lipinski definition) is 0. The fourth-order valence-electron chi connectivity index (χ4n) is 2.76. The third kappa shape index (κ3) is 11.0. The van der Waals surface area contributed by atoms with Crippen molar-refractivity contribution in [3.63, 3.8) is 0 Å². The summed E-state index contributed by atoms with van der Waals surface area (Å²) in [4.78, 5) is 1.22. The van der Waals surface area contributed by atoms with Crippen LogP contribution in [-0.2, 0) is 9.47 Å². The van der Waals surface area contributed by atoms with Crippen molar-refractivity contribution in [3.05, 3.63) is 71.8 Å². The van der Waals surface area contributed by atoms with Crippen LogP contribution < -0.4 is 0 Å². The summed E-state index contributed by atoms with van der Waals surface area (Å²) < 4.78 is 11.3. The monoisotopic (exact) mass is 432 g/mol. The third-order valence-electron chi connectivity index (χ3n) is 4.23. The predicted octanol–water partition coefficient (Wildman–Crippen LogP) is 6.48. The molecule has 0 spiro atoms. The SMILES string of the molecule is COCCCCC#C/C(=C\c1ccccc1)C(C#CCSc1ccccc1)OC(C)C. The van der Waals surface area contributed by atoms with Crippen molar-refractivity contribution in [2.24, 2.45) is 0 Å². The molecule has 162 valence electrons. The number of thioether (sulfide) groups is 1. The van der Waals surface area contributed by atoms with Crippen LogP contribution in [0.15, 0.2) is 71.1 Å². The van der Waals surface area contributed by atoms with Crippen LogP contribution in [0.1, 0.15) is 38.7 Å². The molecule has 31 heavy (non-hydrogen) atoms. The maximum absolute atomic E-state index is 6.16. The second kappa shape index (κ2) is 15.4. The largest absolute Gasteiger partial charge is 0.385 e. The smallest absolute Gasteiger partial charge is 0.151 e. The standard InChI is InChI=1S/C28H32O2S/c1-24(2)30-28(20-14-22-31-27-18-11-7-12-19-27)26(17-10-4-5-13-21-29-3)23-25-15-8-6-9-16-25/h6-9,11-12,15-16,18-19,23-24,28H,4-5,13,21-22H2,1-3H3/b26-23+. The predicted molar refractivity (Wildman–Crippen MR) is 133 cm³/mol. The van der Waals surface area contributed by atoms with E-state index in [1.54, 1.807) is 18.9 Å². The maximum atomic E-state index is 6.16. The maximum Gasteiger partial charge on any atom is 0.151 e. The van der Waals surface area contributed by atoms with Gasteiger partial charge in [0.1, 0.15) is 0 Å². The van der Waals surface area contributed by atoms with Crippen molar-refractivity contribution in [1.82, 2.24) is 0 Å². The number of methoxy groups -OCH3 is 1. The Kier molecular flexibility index (Phi) is 12.3. The first kappa shape index (κ1) is 24.8. The molecule has 2 rings (SSSR count). The van der Waals surface area contributed by atoms with Crippen molar-refractivity contribution in [2.45, 2.75) is 50.2 Å². The van der Waals surface area contributed by atoms with Gasteiger partial charge in [-0.2, -0.15) is 0 Å². The molecule has 0 bridgehead atoms. The van der Waals surface area contributed by atoms with Gasteiger partial charge in [0.25, 0.3) is 0 Å². The van der Waals surface area contributed by atoms with E-state index in [2.05, 4.69) is 54.0 Å². The molecule has 0 aliphatic rings. The van der Waals surface area contributed by atoms with E-state index >= 15 is 0 Å². The van der Waals surface area contributed by atoms with Crippen molar-refractivity contribution >= 4 is 17.8 Å². The van der Waals surface area contributed by atoms with Crippen molar-refractivity contribution < 1.29 is 9.47 Å². The molecular formula is C28H32O2S. The highest BCUT2D eigenvalue weighted by Crippen LogP contribution is 2.17. The Morgan fingerprint density at radius 3 is 2.35 bits per heavy atom. The van der Waals surface area contributed by atoms with Crippen LogP contribution in [0.25, 0.3) is 6.08 Å². The molecule has 0 aliphatic heterocycles. The lowest BCUT2D eigenvalue weighted by Gasteiger charge is -2.15. The van der Waals surface area contributed by atoms with Gasteiger partial charge in [-0.25, -0.2) is 0 Å². The molecule has 2 aromatic carbocycles. The van der Waals surface area contributed by atoms with Gasteiger partial charge in [-0.15, -0.1) is 11.8 Å². The molecule has 1 unspecified atom stereocenters. The van der Waals surface area contributed by atoms with E-state index in [0.29, 0.717) is 5.75 Å². The van der Waals surface area contributed by atoms with E-state index in [9.17, 15) is 0 Å². The summed E-state index contributed by atoms with van der Waals surface area (Å²) in [6, 6.07) is 20.5. The zero-order valence-corrected chi connectivity index (χ0v) is 19.6. The molecule has 0 N–H and O–H groups in total. The minimum atomic E-state index is -0.344. The Morgan fingerprint density at radius 2 is 1.68 bits per heavy atom. The summed E-state index contributed by atoms with van der Waals surface area (Å²) in [5.74, 6) is 14.0. The van der Waals surface area contributed by atoms with Gasteiger partial charge in [-0.1, -0.05) is 72.2 Å². The lowest BCUT2D eigenvalue weighted by atomic mass is 10.1. The van der Waals surface area contributed by atoms with E-state index < -0.39 is 0 Å². The summed E-state index contributed by atoms with van der Waals surface area (Å²) in [6.45, 7) is 4.84. The number of ether oxygens (including phenoxy) is 2. The van der Waals surface area contributed by atoms with Crippen LogP contribution in [0.4, 0.5) is 0 Å². The fourth-order valence-corrected chi connectivity index (χ4v) is 3.43. The lowest BCUT2D eigenvalue weighted by Crippen LogP contribution is -2.18. The van der Waals surface area contributed by atoms with Gasteiger partial charge in [0.15, 0.2) is 6.10 Å². The van der Waals surface area contributed by atoms with Crippen LogP contribution in [-0.4, -0.2) is 31.7 Å². The number of unbranched alkanes of at least 4 members (excludes halogenated alkanes) is 2. The van der Waals surface area contributed by atoms with E-state index in [1.165, 1.54) is 4.90 Å². The topological polar surface area (TPSA) is 18.5 Å². The first-order chi connectivity index (χ1) is 15.2. The van der Waals surface area contributed by atoms with Crippen LogP contribution in [0.2, 0.25) is 0 Å².